The van der Waals surface area contributed by atoms with Crippen LogP contribution in [0.3, 0.4) is 0 Å². The number of fused-ring (bicyclic) bond motifs is 1. The maximum absolute atomic E-state index is 5.55. The molecule has 0 saturated heterocycles. The summed E-state index contributed by atoms with van der Waals surface area (Å²) in [5.74, 6) is 2.05. The van der Waals surface area contributed by atoms with Crippen molar-refractivity contribution in [2.45, 2.75) is 38.3 Å². The number of furan rings is 1. The van der Waals surface area contributed by atoms with E-state index in [0.717, 1.165) is 17.9 Å². The molecule has 1 aliphatic carbocycles. The second kappa shape index (κ2) is 5.71. The minimum Gasteiger partial charge on any atom is -0.497 e. The lowest BCUT2D eigenvalue weighted by Gasteiger charge is -2.26. The van der Waals surface area contributed by atoms with Gasteiger partial charge in [0, 0.05) is 24.1 Å². The number of hydrogen-bond donors (Lipinski definition) is 1. The van der Waals surface area contributed by atoms with Crippen molar-refractivity contribution in [2.24, 2.45) is 0 Å². The molecule has 2 atom stereocenters. The molecule has 0 aliphatic heterocycles. The van der Waals surface area contributed by atoms with E-state index in [0.29, 0.717) is 12.1 Å². The zero-order valence-electron chi connectivity index (χ0n) is 12.1. The van der Waals surface area contributed by atoms with Crippen LogP contribution in [0.2, 0.25) is 0 Å². The van der Waals surface area contributed by atoms with Gasteiger partial charge in [-0.3, -0.25) is 0 Å². The van der Waals surface area contributed by atoms with Gasteiger partial charge in [0.2, 0.25) is 0 Å². The van der Waals surface area contributed by atoms with Crippen molar-refractivity contribution < 1.29 is 9.15 Å². The molecule has 3 rings (SSSR count). The van der Waals surface area contributed by atoms with Gasteiger partial charge in [-0.2, -0.15) is 0 Å². The standard InChI is InChI=1S/C17H21NO2/c1-12(13-6-8-14(19-2)9-7-13)18-16-4-3-5-17-15(16)10-11-20-17/h6-12,16,18H,3-5H2,1-2H3/t12-,16?/m0/s1. The minimum absolute atomic E-state index is 0.312. The summed E-state index contributed by atoms with van der Waals surface area (Å²) in [4.78, 5) is 0. The average Bonchev–Trinajstić information content (AvgIpc) is 2.97. The Morgan fingerprint density at radius 1 is 1.25 bits per heavy atom. The Kier molecular flexibility index (Phi) is 3.79. The normalized spacial score (nSPS) is 19.4. The Morgan fingerprint density at radius 3 is 2.80 bits per heavy atom. The number of rotatable bonds is 4. The van der Waals surface area contributed by atoms with Gasteiger partial charge < -0.3 is 14.5 Å². The van der Waals surface area contributed by atoms with E-state index in [-0.39, 0.29) is 0 Å². The molecule has 3 heteroatoms. The van der Waals surface area contributed by atoms with E-state index >= 15 is 0 Å². The third kappa shape index (κ3) is 2.59. The van der Waals surface area contributed by atoms with Crippen LogP contribution in [0.25, 0.3) is 0 Å². The van der Waals surface area contributed by atoms with Crippen molar-refractivity contribution in [1.82, 2.24) is 5.32 Å². The topological polar surface area (TPSA) is 34.4 Å². The highest BCUT2D eigenvalue weighted by atomic mass is 16.5. The maximum Gasteiger partial charge on any atom is 0.118 e. The van der Waals surface area contributed by atoms with Gasteiger partial charge in [0.15, 0.2) is 0 Å². The summed E-state index contributed by atoms with van der Waals surface area (Å²) in [5, 5.41) is 3.71. The summed E-state index contributed by atoms with van der Waals surface area (Å²) in [6.07, 6.45) is 5.24. The molecule has 1 heterocycles. The Bertz CT molecular complexity index is 559. The molecule has 106 valence electrons. The van der Waals surface area contributed by atoms with Crippen molar-refractivity contribution in [3.05, 3.63) is 53.5 Å². The van der Waals surface area contributed by atoms with Crippen LogP contribution >= 0.6 is 0 Å². The summed E-state index contributed by atoms with van der Waals surface area (Å²) in [7, 11) is 1.69. The fraction of sp³-hybridized carbons (Fsp3) is 0.412. The second-order valence-corrected chi connectivity index (χ2v) is 5.41. The average molecular weight is 271 g/mol. The van der Waals surface area contributed by atoms with Gasteiger partial charge in [-0.25, -0.2) is 0 Å². The Morgan fingerprint density at radius 2 is 2.05 bits per heavy atom. The molecule has 1 N–H and O–H groups in total. The molecule has 3 nitrogen and oxygen atoms in total. The fourth-order valence-electron chi connectivity index (χ4n) is 2.95. The van der Waals surface area contributed by atoms with Crippen LogP contribution in [-0.4, -0.2) is 7.11 Å². The SMILES string of the molecule is COc1ccc([C@H](C)NC2CCCc3occc32)cc1. The van der Waals surface area contributed by atoms with Gasteiger partial charge in [0.1, 0.15) is 11.5 Å². The van der Waals surface area contributed by atoms with Crippen LogP contribution < -0.4 is 10.1 Å². The number of benzene rings is 1. The Labute approximate surface area is 119 Å². The molecule has 1 aromatic carbocycles. The fourth-order valence-corrected chi connectivity index (χ4v) is 2.95. The predicted octanol–water partition coefficient (Wildman–Crippen LogP) is 4.02. The van der Waals surface area contributed by atoms with E-state index in [1.165, 1.54) is 24.0 Å². The highest BCUT2D eigenvalue weighted by molar-refractivity contribution is 5.30. The van der Waals surface area contributed by atoms with E-state index in [2.05, 4.69) is 30.4 Å². The van der Waals surface area contributed by atoms with Gasteiger partial charge in [0.25, 0.3) is 0 Å². The van der Waals surface area contributed by atoms with Gasteiger partial charge in [0.05, 0.1) is 13.4 Å². The molecular weight excluding hydrogens is 250 g/mol. The zero-order valence-corrected chi connectivity index (χ0v) is 12.1. The summed E-state index contributed by atoms with van der Waals surface area (Å²) in [5.41, 5.74) is 2.61. The quantitative estimate of drug-likeness (QED) is 0.912. The van der Waals surface area contributed by atoms with Crippen LogP contribution in [0.1, 0.15) is 48.7 Å². The third-order valence-electron chi connectivity index (χ3n) is 4.12. The van der Waals surface area contributed by atoms with Crippen molar-refractivity contribution in [2.75, 3.05) is 7.11 Å². The van der Waals surface area contributed by atoms with Crippen molar-refractivity contribution in [1.29, 1.82) is 0 Å². The first-order valence-corrected chi connectivity index (χ1v) is 7.24. The molecular formula is C17H21NO2. The monoisotopic (exact) mass is 271 g/mol. The second-order valence-electron chi connectivity index (χ2n) is 5.41. The summed E-state index contributed by atoms with van der Waals surface area (Å²) in [6, 6.07) is 11.1. The zero-order chi connectivity index (χ0) is 13.9. The Hall–Kier alpha value is -1.74. The van der Waals surface area contributed by atoms with Crippen LogP contribution in [0.15, 0.2) is 41.0 Å². The van der Waals surface area contributed by atoms with E-state index in [1.54, 1.807) is 7.11 Å². The first-order chi connectivity index (χ1) is 9.78. The summed E-state index contributed by atoms with van der Waals surface area (Å²) in [6.45, 7) is 2.20. The first kappa shape index (κ1) is 13.3. The maximum atomic E-state index is 5.55. The van der Waals surface area contributed by atoms with E-state index in [9.17, 15) is 0 Å². The third-order valence-corrected chi connectivity index (χ3v) is 4.12. The summed E-state index contributed by atoms with van der Waals surface area (Å²) >= 11 is 0. The van der Waals surface area contributed by atoms with Crippen LogP contribution in [0, 0.1) is 0 Å². The highest BCUT2D eigenvalue weighted by Gasteiger charge is 2.23. The van der Waals surface area contributed by atoms with Crippen molar-refractivity contribution in [3.8, 4) is 5.75 Å². The highest BCUT2D eigenvalue weighted by Crippen LogP contribution is 2.32. The molecule has 0 bridgehead atoms. The molecule has 1 aromatic heterocycles. The molecule has 0 spiro atoms. The van der Waals surface area contributed by atoms with Gasteiger partial charge in [-0.15, -0.1) is 0 Å². The number of methoxy groups -OCH3 is 1. The van der Waals surface area contributed by atoms with Crippen LogP contribution in [0.4, 0.5) is 0 Å². The van der Waals surface area contributed by atoms with Gasteiger partial charge in [-0.1, -0.05) is 12.1 Å². The van der Waals surface area contributed by atoms with Crippen molar-refractivity contribution >= 4 is 0 Å². The smallest absolute Gasteiger partial charge is 0.118 e. The molecule has 2 aromatic rings. The number of aryl methyl sites for hydroxylation is 1. The van der Waals surface area contributed by atoms with E-state index in [1.807, 2.05) is 18.4 Å². The summed E-state index contributed by atoms with van der Waals surface area (Å²) < 4.78 is 10.7. The van der Waals surface area contributed by atoms with E-state index < -0.39 is 0 Å². The number of nitrogens with one attached hydrogen (secondary N) is 1. The lowest BCUT2D eigenvalue weighted by Crippen LogP contribution is -2.27. The molecule has 20 heavy (non-hydrogen) atoms. The Balaban J connectivity index is 1.71. The van der Waals surface area contributed by atoms with E-state index in [4.69, 9.17) is 9.15 Å². The van der Waals surface area contributed by atoms with Gasteiger partial charge >= 0.3 is 0 Å². The molecule has 1 aliphatic rings. The molecule has 0 saturated carbocycles. The molecule has 1 unspecified atom stereocenters. The molecule has 0 amide bonds. The van der Waals surface area contributed by atoms with Crippen molar-refractivity contribution in [3.63, 3.8) is 0 Å². The minimum atomic E-state index is 0.312. The first-order valence-electron chi connectivity index (χ1n) is 7.24. The lowest BCUT2D eigenvalue weighted by atomic mass is 9.92. The predicted molar refractivity (Wildman–Crippen MR) is 78.9 cm³/mol. The van der Waals surface area contributed by atoms with Gasteiger partial charge in [-0.05, 0) is 43.5 Å². The molecule has 0 radical (unpaired) electrons. The molecule has 0 fully saturated rings. The van der Waals surface area contributed by atoms with Crippen LogP contribution in [0.5, 0.6) is 5.75 Å². The number of hydrogen-bond acceptors (Lipinski definition) is 3. The van der Waals surface area contributed by atoms with Crippen LogP contribution in [-0.2, 0) is 6.42 Å². The lowest BCUT2D eigenvalue weighted by molar-refractivity contribution is 0.385. The number of ether oxygens (including phenoxy) is 1. The largest absolute Gasteiger partial charge is 0.497 e.